The number of hydrogen-bond acceptors (Lipinski definition) is 2. The van der Waals surface area contributed by atoms with Crippen molar-refractivity contribution in [3.05, 3.63) is 22.4 Å². The summed E-state index contributed by atoms with van der Waals surface area (Å²) in [7, 11) is 0. The predicted octanol–water partition coefficient (Wildman–Crippen LogP) is 4.11. The first-order valence-corrected chi connectivity index (χ1v) is 7.04. The molecule has 16 heavy (non-hydrogen) atoms. The van der Waals surface area contributed by atoms with Gasteiger partial charge in [-0.2, -0.15) is 0 Å². The molecule has 1 N–H and O–H groups in total. The van der Waals surface area contributed by atoms with E-state index in [0.717, 1.165) is 19.3 Å². The summed E-state index contributed by atoms with van der Waals surface area (Å²) in [4.78, 5) is 1.30. The van der Waals surface area contributed by atoms with Crippen LogP contribution in [-0.4, -0.2) is 10.7 Å². The van der Waals surface area contributed by atoms with E-state index in [1.165, 1.54) is 4.88 Å². The molecule has 0 atom stereocenters. The molecular formula is C14H24OS. The van der Waals surface area contributed by atoms with Crippen LogP contribution >= 0.6 is 11.3 Å². The molecule has 0 aliphatic heterocycles. The van der Waals surface area contributed by atoms with E-state index in [4.69, 9.17) is 0 Å². The molecule has 1 aromatic heterocycles. The molecule has 92 valence electrons. The lowest BCUT2D eigenvalue weighted by Gasteiger charge is -2.31. The fourth-order valence-electron chi connectivity index (χ4n) is 2.49. The molecule has 0 amide bonds. The predicted molar refractivity (Wildman–Crippen MR) is 71.9 cm³/mol. The lowest BCUT2D eigenvalue weighted by molar-refractivity contribution is 0.00143. The van der Waals surface area contributed by atoms with E-state index in [1.54, 1.807) is 11.3 Å². The first-order chi connectivity index (χ1) is 7.41. The van der Waals surface area contributed by atoms with Crippen molar-refractivity contribution in [3.8, 4) is 0 Å². The largest absolute Gasteiger partial charge is 0.389 e. The minimum Gasteiger partial charge on any atom is -0.389 e. The zero-order valence-electron chi connectivity index (χ0n) is 10.9. The maximum atomic E-state index is 10.7. The maximum absolute atomic E-state index is 10.7. The number of rotatable bonds is 6. The standard InChI is InChI=1S/C14H24OS/c1-11(2)8-14(15,9-12(3)4)10-13-6-5-7-16-13/h5-7,11-12,15H,8-10H2,1-4H3. The third-order valence-corrected chi connectivity index (χ3v) is 3.54. The molecule has 0 aliphatic carbocycles. The molecule has 0 saturated carbocycles. The minimum absolute atomic E-state index is 0.521. The van der Waals surface area contributed by atoms with Crippen LogP contribution in [0.2, 0.25) is 0 Å². The first kappa shape index (κ1) is 13.7. The van der Waals surface area contributed by atoms with Gasteiger partial charge in [0.1, 0.15) is 0 Å². The van der Waals surface area contributed by atoms with Crippen LogP contribution in [0.4, 0.5) is 0 Å². The Morgan fingerprint density at radius 1 is 1.19 bits per heavy atom. The van der Waals surface area contributed by atoms with Crippen LogP contribution in [0.1, 0.15) is 45.4 Å². The summed E-state index contributed by atoms with van der Waals surface area (Å²) in [6, 6.07) is 4.18. The van der Waals surface area contributed by atoms with Gasteiger partial charge in [-0.15, -0.1) is 11.3 Å². The van der Waals surface area contributed by atoms with E-state index in [-0.39, 0.29) is 0 Å². The van der Waals surface area contributed by atoms with Crippen molar-refractivity contribution in [1.82, 2.24) is 0 Å². The van der Waals surface area contributed by atoms with Gasteiger partial charge in [-0.1, -0.05) is 33.8 Å². The topological polar surface area (TPSA) is 20.2 Å². The van der Waals surface area contributed by atoms with Crippen LogP contribution < -0.4 is 0 Å². The second-order valence-electron chi connectivity index (χ2n) is 5.68. The van der Waals surface area contributed by atoms with Crippen molar-refractivity contribution >= 4 is 11.3 Å². The number of aliphatic hydroxyl groups is 1. The Kier molecular flexibility index (Phi) is 5.00. The van der Waals surface area contributed by atoms with Gasteiger partial charge in [0.25, 0.3) is 0 Å². The molecular weight excluding hydrogens is 216 g/mol. The molecule has 2 heteroatoms. The van der Waals surface area contributed by atoms with Crippen LogP contribution in [0.25, 0.3) is 0 Å². The molecule has 1 rings (SSSR count). The van der Waals surface area contributed by atoms with Crippen LogP contribution in [0, 0.1) is 11.8 Å². The van der Waals surface area contributed by atoms with Gasteiger partial charge in [0.2, 0.25) is 0 Å². The summed E-state index contributed by atoms with van der Waals surface area (Å²) >= 11 is 1.74. The molecule has 1 heterocycles. The van der Waals surface area contributed by atoms with Gasteiger partial charge in [0.05, 0.1) is 5.60 Å². The molecule has 0 bridgehead atoms. The Balaban J connectivity index is 2.69. The Morgan fingerprint density at radius 3 is 2.12 bits per heavy atom. The van der Waals surface area contributed by atoms with E-state index < -0.39 is 5.60 Å². The molecule has 0 unspecified atom stereocenters. The van der Waals surface area contributed by atoms with E-state index in [1.807, 2.05) is 0 Å². The van der Waals surface area contributed by atoms with Crippen LogP contribution in [0.3, 0.4) is 0 Å². The fourth-order valence-corrected chi connectivity index (χ4v) is 3.33. The zero-order valence-corrected chi connectivity index (χ0v) is 11.7. The van der Waals surface area contributed by atoms with Gasteiger partial charge >= 0.3 is 0 Å². The monoisotopic (exact) mass is 240 g/mol. The highest BCUT2D eigenvalue weighted by atomic mass is 32.1. The van der Waals surface area contributed by atoms with Gasteiger partial charge in [-0.25, -0.2) is 0 Å². The molecule has 1 nitrogen and oxygen atoms in total. The van der Waals surface area contributed by atoms with E-state index in [9.17, 15) is 5.11 Å². The van der Waals surface area contributed by atoms with Gasteiger partial charge in [0, 0.05) is 11.3 Å². The van der Waals surface area contributed by atoms with Crippen molar-refractivity contribution < 1.29 is 5.11 Å². The summed E-state index contributed by atoms with van der Waals surface area (Å²) in [5.41, 5.74) is -0.521. The van der Waals surface area contributed by atoms with Gasteiger partial charge in [-0.3, -0.25) is 0 Å². The Hall–Kier alpha value is -0.340. The van der Waals surface area contributed by atoms with Crippen molar-refractivity contribution in [2.24, 2.45) is 11.8 Å². The van der Waals surface area contributed by atoms with Crippen LogP contribution in [-0.2, 0) is 6.42 Å². The Morgan fingerprint density at radius 2 is 1.75 bits per heavy atom. The zero-order chi connectivity index (χ0) is 12.2. The minimum atomic E-state index is -0.521. The van der Waals surface area contributed by atoms with Crippen LogP contribution in [0.5, 0.6) is 0 Å². The molecule has 1 aromatic rings. The normalized spacial score (nSPS) is 12.7. The Labute approximate surface area is 104 Å². The molecule has 0 fully saturated rings. The quantitative estimate of drug-likeness (QED) is 0.793. The molecule has 0 aromatic carbocycles. The van der Waals surface area contributed by atoms with Gasteiger partial charge in [0.15, 0.2) is 0 Å². The molecule has 0 saturated heterocycles. The van der Waals surface area contributed by atoms with Gasteiger partial charge in [-0.05, 0) is 36.1 Å². The average Bonchev–Trinajstić information content (AvgIpc) is 2.51. The second-order valence-corrected chi connectivity index (χ2v) is 6.71. The highest BCUT2D eigenvalue weighted by Crippen LogP contribution is 2.30. The third kappa shape index (κ3) is 4.67. The molecule has 0 aliphatic rings. The lowest BCUT2D eigenvalue weighted by Crippen LogP contribution is -2.34. The summed E-state index contributed by atoms with van der Waals surface area (Å²) < 4.78 is 0. The smallest absolute Gasteiger partial charge is 0.0700 e. The highest BCUT2D eigenvalue weighted by Gasteiger charge is 2.29. The summed E-state index contributed by atoms with van der Waals surface area (Å²) in [5.74, 6) is 1.09. The molecule has 0 radical (unpaired) electrons. The first-order valence-electron chi connectivity index (χ1n) is 6.16. The summed E-state index contributed by atoms with van der Waals surface area (Å²) in [6.07, 6.45) is 2.59. The summed E-state index contributed by atoms with van der Waals surface area (Å²) in [6.45, 7) is 8.72. The maximum Gasteiger partial charge on any atom is 0.0700 e. The fraction of sp³-hybridized carbons (Fsp3) is 0.714. The Bertz CT molecular complexity index is 278. The van der Waals surface area contributed by atoms with Crippen molar-refractivity contribution in [1.29, 1.82) is 0 Å². The number of hydrogen-bond donors (Lipinski definition) is 1. The molecule has 0 spiro atoms. The number of thiophene rings is 1. The van der Waals surface area contributed by atoms with Crippen molar-refractivity contribution in [3.63, 3.8) is 0 Å². The van der Waals surface area contributed by atoms with Crippen molar-refractivity contribution in [2.45, 2.75) is 52.6 Å². The SMILES string of the molecule is CC(C)CC(O)(Cc1cccs1)CC(C)C. The van der Waals surface area contributed by atoms with E-state index in [0.29, 0.717) is 11.8 Å². The van der Waals surface area contributed by atoms with Crippen LogP contribution in [0.15, 0.2) is 17.5 Å². The van der Waals surface area contributed by atoms with Gasteiger partial charge < -0.3 is 5.11 Å². The highest BCUT2D eigenvalue weighted by molar-refractivity contribution is 7.09. The summed E-state index contributed by atoms with van der Waals surface area (Å²) in [5, 5.41) is 12.8. The van der Waals surface area contributed by atoms with Crippen molar-refractivity contribution in [2.75, 3.05) is 0 Å². The van der Waals surface area contributed by atoms with E-state index >= 15 is 0 Å². The lowest BCUT2D eigenvalue weighted by atomic mass is 9.82. The third-order valence-electron chi connectivity index (χ3n) is 2.66. The van der Waals surface area contributed by atoms with E-state index in [2.05, 4.69) is 45.2 Å². The average molecular weight is 240 g/mol. The second kappa shape index (κ2) is 5.83.